The number of aryl methyl sites for hydroxylation is 1. The van der Waals surface area contributed by atoms with Gasteiger partial charge in [-0.1, -0.05) is 18.9 Å². The third-order valence-corrected chi connectivity index (χ3v) is 4.60. The highest BCUT2D eigenvalue weighted by Gasteiger charge is 2.44. The Morgan fingerprint density at radius 2 is 2.00 bits per heavy atom. The first-order chi connectivity index (χ1) is 9.60. The van der Waals surface area contributed by atoms with Gasteiger partial charge in [-0.25, -0.2) is 0 Å². The van der Waals surface area contributed by atoms with Gasteiger partial charge in [-0.15, -0.1) is 0 Å². The number of fused-ring (bicyclic) bond motifs is 1. The molecular weight excluding hydrogens is 254 g/mol. The van der Waals surface area contributed by atoms with E-state index in [9.17, 15) is 9.90 Å². The van der Waals surface area contributed by atoms with Crippen molar-refractivity contribution in [3.63, 3.8) is 0 Å². The average molecular weight is 273 g/mol. The molecule has 20 heavy (non-hydrogen) atoms. The lowest BCUT2D eigenvalue weighted by Gasteiger charge is -2.25. The van der Waals surface area contributed by atoms with Crippen molar-refractivity contribution >= 4 is 16.9 Å². The molecule has 0 aliphatic heterocycles. The van der Waals surface area contributed by atoms with Gasteiger partial charge in [-0.05, 0) is 30.5 Å². The topological polar surface area (TPSA) is 51.5 Å². The van der Waals surface area contributed by atoms with Gasteiger partial charge in [0.15, 0.2) is 0 Å². The molecule has 1 aromatic carbocycles. The lowest BCUT2D eigenvalue weighted by molar-refractivity contribution is -0.143. The lowest BCUT2D eigenvalue weighted by Crippen LogP contribution is -2.32. The molecule has 1 saturated carbocycles. The quantitative estimate of drug-likeness (QED) is 0.935. The summed E-state index contributed by atoms with van der Waals surface area (Å²) in [4.78, 5) is 11.9. The van der Waals surface area contributed by atoms with Gasteiger partial charge in [0.25, 0.3) is 0 Å². The number of hydrogen-bond acceptors (Lipinski definition) is 2. The fourth-order valence-electron chi connectivity index (χ4n) is 3.54. The van der Waals surface area contributed by atoms with Crippen LogP contribution < -0.4 is 4.74 Å². The fourth-order valence-corrected chi connectivity index (χ4v) is 3.54. The molecule has 106 valence electrons. The molecule has 4 heteroatoms. The van der Waals surface area contributed by atoms with E-state index in [4.69, 9.17) is 4.74 Å². The summed E-state index contributed by atoms with van der Waals surface area (Å²) in [5, 5.41) is 10.8. The molecule has 0 bridgehead atoms. The number of methoxy groups -OCH3 is 1. The van der Waals surface area contributed by atoms with Gasteiger partial charge in [-0.3, -0.25) is 4.79 Å². The molecule has 0 atom stereocenters. The highest BCUT2D eigenvalue weighted by molar-refractivity contribution is 5.95. The number of aromatic nitrogens is 1. The lowest BCUT2D eigenvalue weighted by atomic mass is 9.77. The van der Waals surface area contributed by atoms with E-state index in [2.05, 4.69) is 0 Å². The molecule has 1 heterocycles. The second kappa shape index (κ2) is 4.54. The van der Waals surface area contributed by atoms with Crippen molar-refractivity contribution in [1.29, 1.82) is 0 Å². The van der Waals surface area contributed by atoms with Crippen LogP contribution in [-0.4, -0.2) is 22.8 Å². The van der Waals surface area contributed by atoms with Crippen molar-refractivity contribution in [2.24, 2.45) is 7.05 Å². The third-order valence-electron chi connectivity index (χ3n) is 4.60. The first kappa shape index (κ1) is 13.0. The summed E-state index contributed by atoms with van der Waals surface area (Å²) in [5.41, 5.74) is 1.17. The third kappa shape index (κ3) is 1.64. The smallest absolute Gasteiger partial charge is 0.314 e. The first-order valence-corrected chi connectivity index (χ1v) is 6.96. The largest absolute Gasteiger partial charge is 0.495 e. The van der Waals surface area contributed by atoms with E-state index in [1.165, 1.54) is 0 Å². The SMILES string of the molecule is COc1ccc(C2(C(=O)O)CCCC2)c2ccn(C)c12. The van der Waals surface area contributed by atoms with Crippen LogP contribution >= 0.6 is 0 Å². The van der Waals surface area contributed by atoms with Gasteiger partial charge in [0.05, 0.1) is 18.0 Å². The zero-order chi connectivity index (χ0) is 14.3. The monoisotopic (exact) mass is 273 g/mol. The number of benzene rings is 1. The van der Waals surface area contributed by atoms with E-state index in [0.717, 1.165) is 47.9 Å². The van der Waals surface area contributed by atoms with Crippen molar-refractivity contribution < 1.29 is 14.6 Å². The molecule has 0 radical (unpaired) electrons. The molecule has 0 amide bonds. The van der Waals surface area contributed by atoms with Crippen molar-refractivity contribution in [3.8, 4) is 5.75 Å². The molecule has 3 rings (SSSR count). The minimum Gasteiger partial charge on any atom is -0.495 e. The molecule has 1 aromatic heterocycles. The Hall–Kier alpha value is -1.97. The van der Waals surface area contributed by atoms with E-state index < -0.39 is 11.4 Å². The maximum absolute atomic E-state index is 11.9. The number of aliphatic carboxylic acids is 1. The van der Waals surface area contributed by atoms with Gasteiger partial charge in [0, 0.05) is 18.6 Å². The van der Waals surface area contributed by atoms with Gasteiger partial charge >= 0.3 is 5.97 Å². The Bertz CT molecular complexity index is 666. The van der Waals surface area contributed by atoms with Crippen LogP contribution in [0.1, 0.15) is 31.2 Å². The minimum atomic E-state index is -0.730. The Morgan fingerprint density at radius 3 is 2.60 bits per heavy atom. The van der Waals surface area contributed by atoms with Crippen LogP contribution in [0.25, 0.3) is 10.9 Å². The van der Waals surface area contributed by atoms with E-state index in [1.54, 1.807) is 7.11 Å². The summed E-state index contributed by atoms with van der Waals surface area (Å²) < 4.78 is 7.40. The molecule has 0 spiro atoms. The standard InChI is InChI=1S/C16H19NO3/c1-17-10-7-11-12(5-6-13(20-2)14(11)17)16(15(18)19)8-3-4-9-16/h5-7,10H,3-4,8-9H2,1-2H3,(H,18,19). The first-order valence-electron chi connectivity index (χ1n) is 6.96. The van der Waals surface area contributed by atoms with E-state index >= 15 is 0 Å². The van der Waals surface area contributed by atoms with Crippen LogP contribution in [0.3, 0.4) is 0 Å². The summed E-state index contributed by atoms with van der Waals surface area (Å²) in [5.74, 6) is 0.0834. The molecule has 0 unspecified atom stereocenters. The Morgan fingerprint density at radius 1 is 1.30 bits per heavy atom. The summed E-state index contributed by atoms with van der Waals surface area (Å²) in [6.07, 6.45) is 5.36. The fraction of sp³-hybridized carbons (Fsp3) is 0.438. The van der Waals surface area contributed by atoms with Crippen LogP contribution in [0.4, 0.5) is 0 Å². The van der Waals surface area contributed by atoms with E-state index in [0.29, 0.717) is 0 Å². The van der Waals surface area contributed by atoms with Crippen LogP contribution in [0, 0.1) is 0 Å². The molecule has 4 nitrogen and oxygen atoms in total. The second-order valence-corrected chi connectivity index (χ2v) is 5.60. The van der Waals surface area contributed by atoms with Crippen LogP contribution in [0.15, 0.2) is 24.4 Å². The minimum absolute atomic E-state index is 0.703. The maximum Gasteiger partial charge on any atom is 0.314 e. The van der Waals surface area contributed by atoms with Crippen LogP contribution in [0.2, 0.25) is 0 Å². The van der Waals surface area contributed by atoms with Gasteiger partial charge in [-0.2, -0.15) is 0 Å². The number of carbonyl (C=O) groups is 1. The molecule has 1 fully saturated rings. The van der Waals surface area contributed by atoms with Crippen molar-refractivity contribution in [2.75, 3.05) is 7.11 Å². The molecule has 1 aliphatic rings. The highest BCUT2D eigenvalue weighted by atomic mass is 16.5. The summed E-state index contributed by atoms with van der Waals surface area (Å²) in [6.45, 7) is 0. The summed E-state index contributed by atoms with van der Waals surface area (Å²) >= 11 is 0. The summed E-state index contributed by atoms with van der Waals surface area (Å²) in [7, 11) is 3.60. The predicted molar refractivity (Wildman–Crippen MR) is 77.3 cm³/mol. The number of carboxylic acids is 1. The summed E-state index contributed by atoms with van der Waals surface area (Å²) in [6, 6.07) is 5.82. The number of ether oxygens (including phenoxy) is 1. The predicted octanol–water partition coefficient (Wildman–Crippen LogP) is 3.08. The average Bonchev–Trinajstić information content (AvgIpc) is 3.06. The second-order valence-electron chi connectivity index (χ2n) is 5.60. The van der Waals surface area contributed by atoms with E-state index in [-0.39, 0.29) is 0 Å². The molecule has 0 saturated heterocycles. The molecule has 1 N–H and O–H groups in total. The van der Waals surface area contributed by atoms with Crippen molar-refractivity contribution in [1.82, 2.24) is 4.57 Å². The van der Waals surface area contributed by atoms with Gasteiger partial charge in [0.1, 0.15) is 5.75 Å². The molecular formula is C16H19NO3. The number of rotatable bonds is 3. The zero-order valence-corrected chi connectivity index (χ0v) is 11.8. The molecule has 1 aliphatic carbocycles. The number of nitrogens with zero attached hydrogens (tertiary/aromatic N) is 1. The van der Waals surface area contributed by atoms with E-state index in [1.807, 2.05) is 36.0 Å². The Labute approximate surface area is 118 Å². The zero-order valence-electron chi connectivity index (χ0n) is 11.8. The molecule has 2 aromatic rings. The Kier molecular flexibility index (Phi) is 2.96. The van der Waals surface area contributed by atoms with Gasteiger partial charge in [0.2, 0.25) is 0 Å². The highest BCUT2D eigenvalue weighted by Crippen LogP contribution is 2.45. The number of carboxylic acid groups (broad SMARTS) is 1. The van der Waals surface area contributed by atoms with Crippen molar-refractivity contribution in [2.45, 2.75) is 31.1 Å². The van der Waals surface area contributed by atoms with Crippen LogP contribution in [-0.2, 0) is 17.3 Å². The van der Waals surface area contributed by atoms with Gasteiger partial charge < -0.3 is 14.4 Å². The number of hydrogen-bond donors (Lipinski definition) is 1. The van der Waals surface area contributed by atoms with Crippen LogP contribution in [0.5, 0.6) is 5.75 Å². The normalized spacial score (nSPS) is 17.5. The van der Waals surface area contributed by atoms with Crippen molar-refractivity contribution in [3.05, 3.63) is 30.0 Å². The maximum atomic E-state index is 11.9. The Balaban J connectivity index is 2.29.